The highest BCUT2D eigenvalue weighted by atomic mass is 16.5. The fourth-order valence-electron chi connectivity index (χ4n) is 1.71. The van der Waals surface area contributed by atoms with Crippen LogP contribution in [0.25, 0.3) is 10.8 Å². The first-order valence-corrected chi connectivity index (χ1v) is 5.21. The molecule has 2 rings (SSSR count). The molecule has 4 heteroatoms. The summed E-state index contributed by atoms with van der Waals surface area (Å²) in [6.07, 6.45) is 0.577. The Kier molecular flexibility index (Phi) is 3.25. The fourth-order valence-corrected chi connectivity index (χ4v) is 1.71. The second-order valence-corrected chi connectivity index (χ2v) is 3.55. The number of fused-ring (bicyclic) bond motifs is 1. The van der Waals surface area contributed by atoms with E-state index in [0.717, 1.165) is 0 Å². The smallest absolute Gasteiger partial charge is 0.153 e. The second-order valence-electron chi connectivity index (χ2n) is 3.55. The van der Waals surface area contributed by atoms with Crippen LogP contribution in [-0.2, 0) is 0 Å². The lowest BCUT2D eigenvalue weighted by Crippen LogP contribution is -2.02. The Hall–Kier alpha value is -2.07. The van der Waals surface area contributed by atoms with Crippen LogP contribution in [0.3, 0.4) is 0 Å². The summed E-state index contributed by atoms with van der Waals surface area (Å²) in [7, 11) is 0. The number of rotatable bonds is 4. The van der Waals surface area contributed by atoms with Gasteiger partial charge < -0.3 is 14.9 Å². The summed E-state index contributed by atoms with van der Waals surface area (Å²) in [5.41, 5.74) is 0.177. The third-order valence-corrected chi connectivity index (χ3v) is 2.48. The third kappa shape index (κ3) is 2.07. The molecule has 0 aromatic heterocycles. The number of phenols is 1. The molecule has 0 saturated carbocycles. The van der Waals surface area contributed by atoms with Gasteiger partial charge in [0.05, 0.1) is 12.2 Å². The number of carbonyl (C=O) groups is 1. The maximum Gasteiger partial charge on any atom is 0.153 e. The normalized spacial score (nSPS) is 10.4. The molecule has 17 heavy (non-hydrogen) atoms. The molecule has 0 saturated heterocycles. The highest BCUT2D eigenvalue weighted by Crippen LogP contribution is 2.35. The molecule has 0 aliphatic heterocycles. The zero-order valence-corrected chi connectivity index (χ0v) is 9.09. The van der Waals surface area contributed by atoms with E-state index in [-0.39, 0.29) is 24.5 Å². The van der Waals surface area contributed by atoms with Crippen LogP contribution in [0.2, 0.25) is 0 Å². The molecule has 0 radical (unpaired) electrons. The number of carbonyl (C=O) groups excluding carboxylic acids is 1. The molecule has 0 amide bonds. The van der Waals surface area contributed by atoms with Crippen molar-refractivity contribution < 1.29 is 19.7 Å². The van der Waals surface area contributed by atoms with Gasteiger partial charge in [0.2, 0.25) is 0 Å². The van der Waals surface area contributed by atoms with E-state index in [1.54, 1.807) is 18.2 Å². The Morgan fingerprint density at radius 3 is 2.59 bits per heavy atom. The van der Waals surface area contributed by atoms with Crippen molar-refractivity contribution in [2.24, 2.45) is 0 Å². The number of aliphatic hydroxyl groups excluding tert-OH is 1. The minimum atomic E-state index is -0.106. The van der Waals surface area contributed by atoms with E-state index in [0.29, 0.717) is 22.8 Å². The van der Waals surface area contributed by atoms with Gasteiger partial charge >= 0.3 is 0 Å². The van der Waals surface area contributed by atoms with Crippen molar-refractivity contribution in [3.63, 3.8) is 0 Å². The molecule has 88 valence electrons. The van der Waals surface area contributed by atoms with Gasteiger partial charge in [-0.25, -0.2) is 0 Å². The molecule has 0 unspecified atom stereocenters. The molecule has 4 nitrogen and oxygen atoms in total. The Bertz CT molecular complexity index is 548. The van der Waals surface area contributed by atoms with E-state index in [9.17, 15) is 9.90 Å². The molecule has 0 aliphatic carbocycles. The maximum absolute atomic E-state index is 10.8. The lowest BCUT2D eigenvalue weighted by Gasteiger charge is -2.11. The topological polar surface area (TPSA) is 66.8 Å². The first-order valence-electron chi connectivity index (χ1n) is 5.21. The molecular weight excluding hydrogens is 220 g/mol. The summed E-state index contributed by atoms with van der Waals surface area (Å²) >= 11 is 0. The van der Waals surface area contributed by atoms with Crippen LogP contribution in [0.1, 0.15) is 10.4 Å². The maximum atomic E-state index is 10.8. The van der Waals surface area contributed by atoms with E-state index >= 15 is 0 Å². The van der Waals surface area contributed by atoms with Crippen molar-refractivity contribution in [2.75, 3.05) is 13.2 Å². The number of ether oxygens (including phenoxy) is 1. The van der Waals surface area contributed by atoms with Gasteiger partial charge in [-0.2, -0.15) is 0 Å². The molecule has 2 N–H and O–H groups in total. The zero-order valence-electron chi connectivity index (χ0n) is 9.09. The zero-order chi connectivity index (χ0) is 12.3. The Labute approximate surface area is 98.1 Å². The number of hydrogen-bond acceptors (Lipinski definition) is 4. The van der Waals surface area contributed by atoms with Crippen molar-refractivity contribution in [1.82, 2.24) is 0 Å². The SMILES string of the molecule is O=Cc1cc(OCCO)c2ccccc2c1O. The van der Waals surface area contributed by atoms with Gasteiger partial charge in [0, 0.05) is 10.8 Å². The van der Waals surface area contributed by atoms with Crippen molar-refractivity contribution in [3.8, 4) is 11.5 Å². The van der Waals surface area contributed by atoms with Crippen LogP contribution in [0.15, 0.2) is 30.3 Å². The number of aromatic hydroxyl groups is 1. The van der Waals surface area contributed by atoms with Gasteiger partial charge in [-0.15, -0.1) is 0 Å². The van der Waals surface area contributed by atoms with E-state index in [1.165, 1.54) is 6.07 Å². The molecular formula is C13H12O4. The molecule has 0 heterocycles. The van der Waals surface area contributed by atoms with Gasteiger partial charge in [0.1, 0.15) is 18.1 Å². The summed E-state index contributed by atoms with van der Waals surface area (Å²) in [5, 5.41) is 19.9. The molecule has 0 spiro atoms. The van der Waals surface area contributed by atoms with Crippen LogP contribution >= 0.6 is 0 Å². The molecule has 2 aromatic rings. The van der Waals surface area contributed by atoms with E-state index in [4.69, 9.17) is 9.84 Å². The predicted octanol–water partition coefficient (Wildman–Crippen LogP) is 1.73. The minimum Gasteiger partial charge on any atom is -0.507 e. The highest BCUT2D eigenvalue weighted by molar-refractivity contribution is 5.99. The lowest BCUT2D eigenvalue weighted by atomic mass is 10.0. The molecule has 0 aliphatic rings. The van der Waals surface area contributed by atoms with Crippen LogP contribution < -0.4 is 4.74 Å². The molecule has 0 fully saturated rings. The Morgan fingerprint density at radius 1 is 1.24 bits per heavy atom. The Morgan fingerprint density at radius 2 is 1.94 bits per heavy atom. The summed E-state index contributed by atoms with van der Waals surface area (Å²) in [5.74, 6) is 0.432. The standard InChI is InChI=1S/C13H12O4/c14-5-6-17-12-7-9(8-15)13(16)11-4-2-1-3-10(11)12/h1-4,7-8,14,16H,5-6H2. The molecule has 0 atom stereocenters. The molecule has 2 aromatic carbocycles. The second kappa shape index (κ2) is 4.84. The van der Waals surface area contributed by atoms with Crippen molar-refractivity contribution in [3.05, 3.63) is 35.9 Å². The Balaban J connectivity index is 2.64. The number of aliphatic hydroxyl groups is 1. The average molecular weight is 232 g/mol. The number of benzene rings is 2. The van der Waals surface area contributed by atoms with E-state index in [2.05, 4.69) is 0 Å². The van der Waals surface area contributed by atoms with Crippen LogP contribution in [0, 0.1) is 0 Å². The number of aldehydes is 1. The van der Waals surface area contributed by atoms with Gasteiger partial charge in [-0.05, 0) is 6.07 Å². The largest absolute Gasteiger partial charge is 0.507 e. The summed E-state index contributed by atoms with van der Waals surface area (Å²) in [6, 6.07) is 8.56. The van der Waals surface area contributed by atoms with Crippen molar-refractivity contribution in [2.45, 2.75) is 0 Å². The highest BCUT2D eigenvalue weighted by Gasteiger charge is 2.11. The fraction of sp³-hybridized carbons (Fsp3) is 0.154. The summed E-state index contributed by atoms with van der Waals surface area (Å²) in [6.45, 7) is 0.0404. The average Bonchev–Trinajstić information content (AvgIpc) is 2.38. The monoisotopic (exact) mass is 232 g/mol. The van der Waals surface area contributed by atoms with E-state index < -0.39 is 0 Å². The first-order chi connectivity index (χ1) is 8.27. The van der Waals surface area contributed by atoms with E-state index in [1.807, 2.05) is 6.07 Å². The van der Waals surface area contributed by atoms with Gasteiger partial charge in [-0.3, -0.25) is 4.79 Å². The summed E-state index contributed by atoms with van der Waals surface area (Å²) in [4.78, 5) is 10.8. The van der Waals surface area contributed by atoms with Gasteiger partial charge in [0.15, 0.2) is 6.29 Å². The van der Waals surface area contributed by atoms with Crippen LogP contribution in [0.5, 0.6) is 11.5 Å². The van der Waals surface area contributed by atoms with Crippen LogP contribution in [-0.4, -0.2) is 29.7 Å². The van der Waals surface area contributed by atoms with Gasteiger partial charge in [0.25, 0.3) is 0 Å². The van der Waals surface area contributed by atoms with Crippen molar-refractivity contribution in [1.29, 1.82) is 0 Å². The van der Waals surface area contributed by atoms with Crippen LogP contribution in [0.4, 0.5) is 0 Å². The minimum absolute atomic E-state index is 0.0491. The predicted molar refractivity (Wildman–Crippen MR) is 63.6 cm³/mol. The third-order valence-electron chi connectivity index (χ3n) is 2.48. The first kappa shape index (κ1) is 11.4. The number of phenolic OH excluding ortho intramolecular Hbond substituents is 1. The molecule has 0 bridgehead atoms. The summed E-state index contributed by atoms with van der Waals surface area (Å²) < 4.78 is 5.35. The van der Waals surface area contributed by atoms with Crippen molar-refractivity contribution >= 4 is 17.1 Å². The number of hydrogen-bond donors (Lipinski definition) is 2. The van der Waals surface area contributed by atoms with Gasteiger partial charge in [-0.1, -0.05) is 24.3 Å². The quantitative estimate of drug-likeness (QED) is 0.788. The lowest BCUT2D eigenvalue weighted by molar-refractivity contribution is 0.112.